The minimum absolute atomic E-state index is 0.0630. The van der Waals surface area contributed by atoms with Crippen molar-refractivity contribution in [2.45, 2.75) is 38.1 Å². The fourth-order valence-corrected chi connectivity index (χ4v) is 2.34. The van der Waals surface area contributed by atoms with E-state index in [1.54, 1.807) is 0 Å². The van der Waals surface area contributed by atoms with Crippen molar-refractivity contribution in [2.75, 3.05) is 0 Å². The Bertz CT molecular complexity index is 456. The summed E-state index contributed by atoms with van der Waals surface area (Å²) >= 11 is 0. The fourth-order valence-electron chi connectivity index (χ4n) is 2.34. The molecule has 18 heavy (non-hydrogen) atoms. The summed E-state index contributed by atoms with van der Waals surface area (Å²) in [6.45, 7) is 0. The lowest BCUT2D eigenvalue weighted by molar-refractivity contribution is -0.138. The van der Waals surface area contributed by atoms with Gasteiger partial charge in [-0.1, -0.05) is 24.3 Å². The number of carboxylic acid groups (broad SMARTS) is 1. The Morgan fingerprint density at radius 2 is 1.94 bits per heavy atom. The van der Waals surface area contributed by atoms with Gasteiger partial charge in [0.25, 0.3) is 0 Å². The molecule has 0 radical (unpaired) electrons. The second-order valence-electron chi connectivity index (χ2n) is 4.67. The first kappa shape index (κ1) is 12.6. The van der Waals surface area contributed by atoms with Gasteiger partial charge < -0.3 is 10.4 Å². The largest absolute Gasteiger partial charge is 0.481 e. The fraction of sp³-hybridized carbons (Fsp3) is 0.429. The molecule has 0 spiro atoms. The molecule has 1 aliphatic rings. The number of rotatable bonds is 4. The van der Waals surface area contributed by atoms with Crippen molar-refractivity contribution in [1.82, 2.24) is 5.32 Å². The summed E-state index contributed by atoms with van der Waals surface area (Å²) in [6.07, 6.45) is 2.70. The van der Waals surface area contributed by atoms with Gasteiger partial charge in [0.2, 0.25) is 5.91 Å². The summed E-state index contributed by atoms with van der Waals surface area (Å²) < 4.78 is 0. The van der Waals surface area contributed by atoms with Crippen LogP contribution in [0, 0.1) is 0 Å². The topological polar surface area (TPSA) is 66.4 Å². The highest BCUT2D eigenvalue weighted by atomic mass is 16.4. The molecule has 0 bridgehead atoms. The first-order valence-corrected chi connectivity index (χ1v) is 6.23. The van der Waals surface area contributed by atoms with E-state index in [4.69, 9.17) is 5.11 Å². The van der Waals surface area contributed by atoms with Crippen LogP contribution in [-0.4, -0.2) is 23.0 Å². The molecule has 1 unspecified atom stereocenters. The van der Waals surface area contributed by atoms with E-state index < -0.39 is 5.97 Å². The van der Waals surface area contributed by atoms with Crippen LogP contribution in [0.25, 0.3) is 0 Å². The van der Waals surface area contributed by atoms with Crippen LogP contribution in [0.15, 0.2) is 24.3 Å². The van der Waals surface area contributed by atoms with Gasteiger partial charge in [-0.3, -0.25) is 9.59 Å². The Balaban J connectivity index is 1.86. The smallest absolute Gasteiger partial charge is 0.303 e. The van der Waals surface area contributed by atoms with Crippen LogP contribution in [0.5, 0.6) is 0 Å². The Kier molecular flexibility index (Phi) is 3.97. The first-order valence-electron chi connectivity index (χ1n) is 6.23. The Labute approximate surface area is 106 Å². The number of hydrogen-bond donors (Lipinski definition) is 2. The first-order chi connectivity index (χ1) is 8.65. The Morgan fingerprint density at radius 3 is 2.67 bits per heavy atom. The number of aryl methyl sites for hydroxylation is 1. The Morgan fingerprint density at radius 1 is 1.22 bits per heavy atom. The van der Waals surface area contributed by atoms with Crippen LogP contribution in [0.2, 0.25) is 0 Å². The van der Waals surface area contributed by atoms with Crippen molar-refractivity contribution in [1.29, 1.82) is 0 Å². The van der Waals surface area contributed by atoms with Gasteiger partial charge in [-0.15, -0.1) is 0 Å². The van der Waals surface area contributed by atoms with Gasteiger partial charge in [0, 0.05) is 12.5 Å². The van der Waals surface area contributed by atoms with Crippen molar-refractivity contribution in [2.24, 2.45) is 0 Å². The number of carbonyl (C=O) groups is 2. The van der Waals surface area contributed by atoms with E-state index in [0.29, 0.717) is 0 Å². The molecule has 0 saturated carbocycles. The highest BCUT2D eigenvalue weighted by molar-refractivity contribution is 5.80. The molecule has 4 nitrogen and oxygen atoms in total. The summed E-state index contributed by atoms with van der Waals surface area (Å²) in [5.41, 5.74) is 2.64. The maximum absolute atomic E-state index is 11.6. The average Bonchev–Trinajstić information content (AvgIpc) is 2.36. The summed E-state index contributed by atoms with van der Waals surface area (Å²) in [7, 11) is 0. The van der Waals surface area contributed by atoms with Crippen molar-refractivity contribution < 1.29 is 14.7 Å². The number of aliphatic carboxylic acids is 1. The van der Waals surface area contributed by atoms with E-state index in [0.717, 1.165) is 19.3 Å². The zero-order valence-electron chi connectivity index (χ0n) is 10.2. The number of amides is 1. The molecule has 2 N–H and O–H groups in total. The van der Waals surface area contributed by atoms with Gasteiger partial charge in [0.15, 0.2) is 0 Å². The van der Waals surface area contributed by atoms with Crippen LogP contribution in [0.3, 0.4) is 0 Å². The second kappa shape index (κ2) is 5.67. The quantitative estimate of drug-likeness (QED) is 0.847. The zero-order chi connectivity index (χ0) is 13.0. The Hall–Kier alpha value is -1.84. The van der Waals surface area contributed by atoms with Crippen molar-refractivity contribution >= 4 is 11.9 Å². The predicted molar refractivity (Wildman–Crippen MR) is 67.3 cm³/mol. The van der Waals surface area contributed by atoms with Crippen LogP contribution < -0.4 is 5.32 Å². The van der Waals surface area contributed by atoms with Crippen LogP contribution >= 0.6 is 0 Å². The minimum Gasteiger partial charge on any atom is -0.481 e. The summed E-state index contributed by atoms with van der Waals surface area (Å²) in [6, 6.07) is 8.39. The van der Waals surface area contributed by atoms with Gasteiger partial charge in [0.05, 0.1) is 6.42 Å². The lowest BCUT2D eigenvalue weighted by atomic mass is 9.88. The summed E-state index contributed by atoms with van der Waals surface area (Å²) in [5, 5.41) is 11.4. The highest BCUT2D eigenvalue weighted by Gasteiger charge is 2.19. The third-order valence-electron chi connectivity index (χ3n) is 3.28. The third kappa shape index (κ3) is 3.32. The summed E-state index contributed by atoms with van der Waals surface area (Å²) in [4.78, 5) is 21.9. The van der Waals surface area contributed by atoms with Crippen molar-refractivity contribution in [3.05, 3.63) is 35.4 Å². The van der Waals surface area contributed by atoms with E-state index >= 15 is 0 Å². The lowest BCUT2D eigenvalue weighted by Gasteiger charge is -2.25. The van der Waals surface area contributed by atoms with E-state index in [1.165, 1.54) is 11.1 Å². The molecule has 0 aromatic heterocycles. The predicted octanol–water partition coefficient (Wildman–Crippen LogP) is 1.52. The number of carbonyl (C=O) groups excluding carboxylic acids is 1. The molecule has 1 atom stereocenters. The second-order valence-corrected chi connectivity index (χ2v) is 4.67. The van der Waals surface area contributed by atoms with Gasteiger partial charge in [-0.05, 0) is 30.4 Å². The lowest BCUT2D eigenvalue weighted by Crippen LogP contribution is -2.38. The van der Waals surface area contributed by atoms with Crippen LogP contribution in [0.4, 0.5) is 0 Å². The number of fused-ring (bicyclic) bond motifs is 1. The van der Waals surface area contributed by atoms with Crippen LogP contribution in [-0.2, 0) is 22.4 Å². The monoisotopic (exact) mass is 247 g/mol. The summed E-state index contributed by atoms with van der Waals surface area (Å²) in [5.74, 6) is -1.10. The molecule has 1 aromatic carbocycles. The number of carboxylic acids is 1. The van der Waals surface area contributed by atoms with E-state index in [9.17, 15) is 9.59 Å². The molecule has 96 valence electrons. The maximum atomic E-state index is 11.6. The molecule has 1 amide bonds. The van der Waals surface area contributed by atoms with Crippen LogP contribution in [0.1, 0.15) is 30.4 Å². The van der Waals surface area contributed by atoms with Gasteiger partial charge in [-0.2, -0.15) is 0 Å². The third-order valence-corrected chi connectivity index (χ3v) is 3.28. The molecule has 0 aliphatic heterocycles. The molecular weight excluding hydrogens is 230 g/mol. The van der Waals surface area contributed by atoms with Gasteiger partial charge >= 0.3 is 5.97 Å². The SMILES string of the molecule is O=C(O)CCC(=O)NC1CCc2ccccc2C1. The number of hydrogen-bond acceptors (Lipinski definition) is 2. The molecule has 2 rings (SSSR count). The zero-order valence-corrected chi connectivity index (χ0v) is 10.2. The molecular formula is C14H17NO3. The number of benzene rings is 1. The normalized spacial score (nSPS) is 17.9. The molecule has 0 fully saturated rings. The molecule has 0 saturated heterocycles. The van der Waals surface area contributed by atoms with Crippen molar-refractivity contribution in [3.8, 4) is 0 Å². The van der Waals surface area contributed by atoms with E-state index in [1.807, 2.05) is 12.1 Å². The van der Waals surface area contributed by atoms with Gasteiger partial charge in [-0.25, -0.2) is 0 Å². The molecule has 4 heteroatoms. The standard InChI is InChI=1S/C14H17NO3/c16-13(7-8-14(17)18)15-12-6-5-10-3-1-2-4-11(10)9-12/h1-4,12H,5-9H2,(H,15,16)(H,17,18). The maximum Gasteiger partial charge on any atom is 0.303 e. The average molecular weight is 247 g/mol. The van der Waals surface area contributed by atoms with Crippen molar-refractivity contribution in [3.63, 3.8) is 0 Å². The van der Waals surface area contributed by atoms with Gasteiger partial charge in [0.1, 0.15) is 0 Å². The van der Waals surface area contributed by atoms with E-state index in [-0.39, 0.29) is 24.8 Å². The molecule has 1 aromatic rings. The highest BCUT2D eigenvalue weighted by Crippen LogP contribution is 2.21. The molecule has 0 heterocycles. The minimum atomic E-state index is -0.931. The van der Waals surface area contributed by atoms with E-state index in [2.05, 4.69) is 17.4 Å². The number of nitrogens with one attached hydrogen (secondary N) is 1. The molecule has 1 aliphatic carbocycles.